The average molecular weight is 318 g/mol. The lowest BCUT2D eigenvalue weighted by Crippen LogP contribution is -2.32. The van der Waals surface area contributed by atoms with Gasteiger partial charge >= 0.3 is 0 Å². The van der Waals surface area contributed by atoms with Gasteiger partial charge in [0.1, 0.15) is 5.82 Å². The van der Waals surface area contributed by atoms with Gasteiger partial charge in [-0.3, -0.25) is 10.1 Å². The second-order valence-corrected chi connectivity index (χ2v) is 6.44. The van der Waals surface area contributed by atoms with Crippen LogP contribution in [0.25, 0.3) is 11.4 Å². The lowest BCUT2D eigenvalue weighted by molar-refractivity contribution is 0.702. The fourth-order valence-corrected chi connectivity index (χ4v) is 3.69. The first-order valence-corrected chi connectivity index (χ1v) is 8.45. The predicted molar refractivity (Wildman–Crippen MR) is 90.6 cm³/mol. The quantitative estimate of drug-likeness (QED) is 0.785. The molecule has 0 fully saturated rings. The highest BCUT2D eigenvalue weighted by atomic mass is 15.2. The van der Waals surface area contributed by atoms with Crippen molar-refractivity contribution in [1.29, 1.82) is 0 Å². The van der Waals surface area contributed by atoms with Crippen LogP contribution in [0.1, 0.15) is 28.9 Å². The lowest BCUT2D eigenvalue weighted by atomic mass is 10.1. The van der Waals surface area contributed by atoms with Crippen LogP contribution >= 0.6 is 0 Å². The summed E-state index contributed by atoms with van der Waals surface area (Å²) in [4.78, 5) is 16.3. The molecule has 0 unspecified atom stereocenters. The number of hydrogen-bond acceptors (Lipinski definition) is 5. The van der Waals surface area contributed by atoms with Crippen molar-refractivity contribution in [3.05, 3.63) is 53.2 Å². The SMILES string of the molecule is c1cncc(-c2nc3c(c(N4CCc5cn[nH]c5C4)n2)CCC3)c1. The normalized spacial score (nSPS) is 16.1. The van der Waals surface area contributed by atoms with Crippen molar-refractivity contribution in [3.8, 4) is 11.4 Å². The molecule has 0 aromatic carbocycles. The smallest absolute Gasteiger partial charge is 0.163 e. The Hall–Kier alpha value is -2.76. The summed E-state index contributed by atoms with van der Waals surface area (Å²) in [6.07, 6.45) is 9.85. The van der Waals surface area contributed by atoms with Crippen molar-refractivity contribution in [3.63, 3.8) is 0 Å². The van der Waals surface area contributed by atoms with E-state index in [9.17, 15) is 0 Å². The minimum atomic E-state index is 0.786. The third-order valence-electron chi connectivity index (χ3n) is 4.94. The molecule has 24 heavy (non-hydrogen) atoms. The number of pyridine rings is 1. The standard InChI is InChI=1S/C18H18N6/c1-4-14-15(5-1)21-17(13-3-2-7-19-9-13)22-18(14)24-8-6-12-10-20-23-16(12)11-24/h2-3,7,9-10H,1,4-6,8,11H2,(H,20,23). The number of aromatic nitrogens is 5. The lowest BCUT2D eigenvalue weighted by Gasteiger charge is -2.29. The van der Waals surface area contributed by atoms with E-state index in [1.807, 2.05) is 24.5 Å². The Balaban J connectivity index is 1.59. The molecule has 1 aliphatic carbocycles. The van der Waals surface area contributed by atoms with Gasteiger partial charge in [0, 0.05) is 35.8 Å². The van der Waals surface area contributed by atoms with E-state index in [-0.39, 0.29) is 0 Å². The molecule has 6 nitrogen and oxygen atoms in total. The summed E-state index contributed by atoms with van der Waals surface area (Å²) in [6, 6.07) is 3.96. The first-order chi connectivity index (χ1) is 11.9. The molecule has 2 aliphatic rings. The van der Waals surface area contributed by atoms with E-state index in [1.165, 1.54) is 22.5 Å². The number of hydrogen-bond donors (Lipinski definition) is 1. The molecule has 3 aromatic rings. The molecule has 3 aromatic heterocycles. The summed E-state index contributed by atoms with van der Waals surface area (Å²) in [5, 5.41) is 7.30. The molecule has 5 rings (SSSR count). The van der Waals surface area contributed by atoms with Gasteiger partial charge in [0.2, 0.25) is 0 Å². The van der Waals surface area contributed by atoms with Crippen LogP contribution in [0.4, 0.5) is 5.82 Å². The summed E-state index contributed by atoms with van der Waals surface area (Å²) in [6.45, 7) is 1.81. The molecular weight excluding hydrogens is 300 g/mol. The number of H-pyrrole nitrogens is 1. The number of fused-ring (bicyclic) bond motifs is 2. The summed E-state index contributed by atoms with van der Waals surface area (Å²) >= 11 is 0. The number of nitrogens with one attached hydrogen (secondary N) is 1. The van der Waals surface area contributed by atoms with E-state index < -0.39 is 0 Å². The van der Waals surface area contributed by atoms with Gasteiger partial charge in [0.25, 0.3) is 0 Å². The summed E-state index contributed by atoms with van der Waals surface area (Å²) in [5.41, 5.74) is 6.03. The molecule has 0 radical (unpaired) electrons. The van der Waals surface area contributed by atoms with E-state index in [1.54, 1.807) is 6.20 Å². The fourth-order valence-electron chi connectivity index (χ4n) is 3.69. The van der Waals surface area contributed by atoms with Crippen molar-refractivity contribution < 1.29 is 0 Å². The van der Waals surface area contributed by atoms with Crippen molar-refractivity contribution in [2.24, 2.45) is 0 Å². The molecule has 0 amide bonds. The third-order valence-corrected chi connectivity index (χ3v) is 4.94. The second-order valence-electron chi connectivity index (χ2n) is 6.44. The Bertz CT molecular complexity index is 886. The van der Waals surface area contributed by atoms with Crippen LogP contribution in [0.5, 0.6) is 0 Å². The molecule has 0 spiro atoms. The Morgan fingerprint density at radius 1 is 1.08 bits per heavy atom. The van der Waals surface area contributed by atoms with Gasteiger partial charge in [-0.15, -0.1) is 0 Å². The number of anilines is 1. The van der Waals surface area contributed by atoms with Crippen LogP contribution in [0.2, 0.25) is 0 Å². The molecule has 4 heterocycles. The highest BCUT2D eigenvalue weighted by molar-refractivity contribution is 5.61. The molecule has 1 N–H and O–H groups in total. The van der Waals surface area contributed by atoms with Crippen LogP contribution in [-0.4, -0.2) is 31.7 Å². The van der Waals surface area contributed by atoms with Crippen molar-refractivity contribution in [2.45, 2.75) is 32.2 Å². The van der Waals surface area contributed by atoms with Crippen LogP contribution in [0.15, 0.2) is 30.7 Å². The van der Waals surface area contributed by atoms with E-state index in [2.05, 4.69) is 20.1 Å². The Morgan fingerprint density at radius 2 is 2.08 bits per heavy atom. The van der Waals surface area contributed by atoms with Crippen molar-refractivity contribution >= 4 is 5.82 Å². The predicted octanol–water partition coefficient (Wildman–Crippen LogP) is 2.31. The van der Waals surface area contributed by atoms with E-state index in [0.29, 0.717) is 0 Å². The Labute approximate surface area is 140 Å². The molecule has 1 aliphatic heterocycles. The van der Waals surface area contributed by atoms with Crippen LogP contribution in [0, 0.1) is 0 Å². The van der Waals surface area contributed by atoms with Gasteiger partial charge in [-0.1, -0.05) is 0 Å². The van der Waals surface area contributed by atoms with E-state index in [0.717, 1.165) is 56.0 Å². The van der Waals surface area contributed by atoms with E-state index >= 15 is 0 Å². The molecule has 6 heteroatoms. The first kappa shape index (κ1) is 13.7. The first-order valence-electron chi connectivity index (χ1n) is 8.45. The highest BCUT2D eigenvalue weighted by Crippen LogP contribution is 2.33. The maximum atomic E-state index is 4.94. The number of rotatable bonds is 2. The molecule has 0 atom stereocenters. The molecule has 0 saturated heterocycles. The molecule has 0 bridgehead atoms. The highest BCUT2D eigenvalue weighted by Gasteiger charge is 2.26. The summed E-state index contributed by atoms with van der Waals surface area (Å²) in [5.74, 6) is 1.88. The zero-order valence-electron chi connectivity index (χ0n) is 13.4. The minimum absolute atomic E-state index is 0.786. The Kier molecular flexibility index (Phi) is 3.07. The molecular formula is C18H18N6. The minimum Gasteiger partial charge on any atom is -0.350 e. The molecule has 0 saturated carbocycles. The van der Waals surface area contributed by atoms with Gasteiger partial charge in [0.15, 0.2) is 5.82 Å². The van der Waals surface area contributed by atoms with Gasteiger partial charge < -0.3 is 4.90 Å². The van der Waals surface area contributed by atoms with Gasteiger partial charge in [-0.25, -0.2) is 9.97 Å². The van der Waals surface area contributed by atoms with Gasteiger partial charge in [-0.05, 0) is 43.4 Å². The number of aromatic amines is 1. The van der Waals surface area contributed by atoms with Gasteiger partial charge in [0.05, 0.1) is 18.4 Å². The van der Waals surface area contributed by atoms with Crippen LogP contribution in [-0.2, 0) is 25.8 Å². The average Bonchev–Trinajstić information content (AvgIpc) is 3.29. The van der Waals surface area contributed by atoms with Crippen molar-refractivity contribution in [1.82, 2.24) is 25.1 Å². The van der Waals surface area contributed by atoms with Crippen LogP contribution in [0.3, 0.4) is 0 Å². The number of aryl methyl sites for hydroxylation is 1. The largest absolute Gasteiger partial charge is 0.350 e. The monoisotopic (exact) mass is 318 g/mol. The van der Waals surface area contributed by atoms with Crippen molar-refractivity contribution in [2.75, 3.05) is 11.4 Å². The van der Waals surface area contributed by atoms with E-state index in [4.69, 9.17) is 9.97 Å². The van der Waals surface area contributed by atoms with Crippen LogP contribution < -0.4 is 4.90 Å². The topological polar surface area (TPSA) is 70.6 Å². The maximum absolute atomic E-state index is 4.94. The third kappa shape index (κ3) is 2.18. The Morgan fingerprint density at radius 3 is 3.00 bits per heavy atom. The zero-order valence-corrected chi connectivity index (χ0v) is 13.4. The molecule has 120 valence electrons. The number of nitrogens with zero attached hydrogens (tertiary/aromatic N) is 5. The fraction of sp³-hybridized carbons (Fsp3) is 0.333. The van der Waals surface area contributed by atoms with Gasteiger partial charge in [-0.2, -0.15) is 5.10 Å². The second kappa shape index (κ2) is 5.40. The zero-order chi connectivity index (χ0) is 15.9. The maximum Gasteiger partial charge on any atom is 0.163 e. The summed E-state index contributed by atoms with van der Waals surface area (Å²) < 4.78 is 0. The summed E-state index contributed by atoms with van der Waals surface area (Å²) in [7, 11) is 0.